The molecule has 0 aromatic heterocycles. The van der Waals surface area contributed by atoms with Crippen molar-refractivity contribution in [1.82, 2.24) is 0 Å². The molecule has 0 radical (unpaired) electrons. The Morgan fingerprint density at radius 3 is 2.28 bits per heavy atom. The predicted molar refractivity (Wildman–Crippen MR) is 115 cm³/mol. The monoisotopic (exact) mass is 480 g/mol. The zero-order valence-corrected chi connectivity index (χ0v) is 19.0. The van der Waals surface area contributed by atoms with Gasteiger partial charge < -0.3 is 23.7 Å². The number of benzene rings is 2. The molecule has 0 N–H and O–H groups in total. The van der Waals surface area contributed by atoms with Crippen LogP contribution in [-0.2, 0) is 38.0 Å². The second-order valence-corrected chi connectivity index (χ2v) is 10.5. The van der Waals surface area contributed by atoms with E-state index in [2.05, 4.69) is 0 Å². The van der Waals surface area contributed by atoms with Crippen LogP contribution in [0.25, 0.3) is 0 Å². The average Bonchev–Trinajstić information content (AvgIpc) is 3.28. The lowest BCUT2D eigenvalue weighted by Crippen LogP contribution is -2.70. The van der Waals surface area contributed by atoms with Crippen LogP contribution in [0.15, 0.2) is 65.6 Å². The first-order valence-electron chi connectivity index (χ1n) is 10.3. The van der Waals surface area contributed by atoms with Gasteiger partial charge in [-0.15, -0.1) is 0 Å². The van der Waals surface area contributed by atoms with Gasteiger partial charge in [-0.25, -0.2) is 0 Å². The Hall–Kier alpha value is -1.50. The molecular formula is C22H24O8S2. The summed E-state index contributed by atoms with van der Waals surface area (Å²) in [6, 6.07) is 19.0. The van der Waals surface area contributed by atoms with E-state index in [4.69, 9.17) is 27.9 Å². The first kappa shape index (κ1) is 22.3. The number of rotatable bonds is 5. The van der Waals surface area contributed by atoms with Crippen molar-refractivity contribution < 1.29 is 36.3 Å². The maximum absolute atomic E-state index is 12.2. The minimum Gasteiger partial charge on any atom is -0.356 e. The minimum atomic E-state index is -3.86. The lowest BCUT2D eigenvalue weighted by Gasteiger charge is -2.52. The predicted octanol–water partition coefficient (Wildman–Crippen LogP) is 2.71. The van der Waals surface area contributed by atoms with Gasteiger partial charge in [-0.3, -0.25) is 4.18 Å². The fourth-order valence-electron chi connectivity index (χ4n) is 4.17. The van der Waals surface area contributed by atoms with E-state index in [1.54, 1.807) is 0 Å². The van der Waals surface area contributed by atoms with Crippen LogP contribution in [0.5, 0.6) is 0 Å². The van der Waals surface area contributed by atoms with Gasteiger partial charge in [0.05, 0.1) is 26.1 Å². The van der Waals surface area contributed by atoms with E-state index in [9.17, 15) is 8.42 Å². The first-order valence-corrected chi connectivity index (χ1v) is 13.0. The molecule has 8 nitrogen and oxygen atoms in total. The highest BCUT2D eigenvalue weighted by atomic mass is 32.2. The number of fused-ring (bicyclic) bond motifs is 2. The summed E-state index contributed by atoms with van der Waals surface area (Å²) in [5.41, 5.74) is 0.104. The summed E-state index contributed by atoms with van der Waals surface area (Å²) in [5, 5.41) is 0. The maximum Gasteiger partial charge on any atom is 0.264 e. The van der Waals surface area contributed by atoms with Crippen molar-refractivity contribution in [2.45, 2.75) is 40.7 Å². The van der Waals surface area contributed by atoms with Crippen molar-refractivity contribution in [1.29, 1.82) is 0 Å². The van der Waals surface area contributed by atoms with Crippen LogP contribution in [0.4, 0.5) is 0 Å². The summed E-state index contributed by atoms with van der Waals surface area (Å²) >= 11 is 1.34. The molecule has 10 heteroatoms. The van der Waals surface area contributed by atoms with Gasteiger partial charge in [-0.1, -0.05) is 60.3 Å². The van der Waals surface area contributed by atoms with Crippen molar-refractivity contribution in [3.63, 3.8) is 0 Å². The molecule has 2 aromatic carbocycles. The SMILES string of the molecule is CS(=O)(=O)OC1C(Sc2ccccc2)O[C@@H]2COC(c3ccccc3)O[C@@H]2C12OCCO2. The van der Waals surface area contributed by atoms with Crippen LogP contribution in [0.2, 0.25) is 0 Å². The standard InChI is InChI=1S/C22H24O8S2/c1-32(23,24)30-19-21(31-16-10-6-3-7-11-16)28-17-14-25-20(15-8-4-2-5-9-15)29-18(17)22(19)26-12-13-27-22/h2-11,17-21H,12-14H2,1H3/t17-,18+,19?,20?,21?/m1/s1. The summed E-state index contributed by atoms with van der Waals surface area (Å²) in [6.45, 7) is 0.807. The molecule has 1 spiro atoms. The highest BCUT2D eigenvalue weighted by Gasteiger charge is 2.65. The molecular weight excluding hydrogens is 456 g/mol. The van der Waals surface area contributed by atoms with Gasteiger partial charge >= 0.3 is 0 Å². The fraction of sp³-hybridized carbons (Fsp3) is 0.455. The fourth-order valence-corrected chi connectivity index (χ4v) is 6.00. The maximum atomic E-state index is 12.2. The largest absolute Gasteiger partial charge is 0.356 e. The zero-order valence-electron chi connectivity index (χ0n) is 17.4. The molecule has 0 amide bonds. The number of hydrogen-bond acceptors (Lipinski definition) is 9. The Bertz CT molecular complexity index is 1010. The van der Waals surface area contributed by atoms with Crippen LogP contribution in [0.3, 0.4) is 0 Å². The summed E-state index contributed by atoms with van der Waals surface area (Å²) < 4.78 is 60.6. The van der Waals surface area contributed by atoms with E-state index in [-0.39, 0.29) is 19.8 Å². The van der Waals surface area contributed by atoms with E-state index in [0.717, 1.165) is 16.7 Å². The molecule has 5 atom stereocenters. The molecule has 3 fully saturated rings. The highest BCUT2D eigenvalue weighted by Crippen LogP contribution is 2.48. The van der Waals surface area contributed by atoms with Crippen molar-refractivity contribution >= 4 is 21.9 Å². The Morgan fingerprint density at radius 1 is 0.969 bits per heavy atom. The van der Waals surface area contributed by atoms with Crippen molar-refractivity contribution in [2.24, 2.45) is 0 Å². The van der Waals surface area contributed by atoms with Crippen molar-refractivity contribution in [2.75, 3.05) is 26.1 Å². The van der Waals surface area contributed by atoms with Gasteiger partial charge in [0.2, 0.25) is 5.79 Å². The smallest absolute Gasteiger partial charge is 0.264 e. The molecule has 3 unspecified atom stereocenters. The van der Waals surface area contributed by atoms with Gasteiger partial charge in [0, 0.05) is 10.5 Å². The van der Waals surface area contributed by atoms with E-state index in [0.29, 0.717) is 0 Å². The normalized spacial score (nSPS) is 32.0. The van der Waals surface area contributed by atoms with Gasteiger partial charge in [0.1, 0.15) is 17.6 Å². The average molecular weight is 481 g/mol. The molecule has 3 aliphatic rings. The lowest BCUT2D eigenvalue weighted by molar-refractivity contribution is -0.388. The van der Waals surface area contributed by atoms with Gasteiger partial charge in [-0.2, -0.15) is 8.42 Å². The molecule has 0 bridgehead atoms. The van der Waals surface area contributed by atoms with Crippen molar-refractivity contribution in [3.05, 3.63) is 66.2 Å². The van der Waals surface area contributed by atoms with Gasteiger partial charge in [0.25, 0.3) is 10.1 Å². The van der Waals surface area contributed by atoms with Gasteiger partial charge in [-0.05, 0) is 12.1 Å². The first-order chi connectivity index (χ1) is 15.4. The van der Waals surface area contributed by atoms with Crippen LogP contribution >= 0.6 is 11.8 Å². The molecule has 2 aromatic rings. The third-order valence-electron chi connectivity index (χ3n) is 5.45. The van der Waals surface area contributed by atoms with Gasteiger partial charge in [0.15, 0.2) is 12.4 Å². The number of hydrogen-bond donors (Lipinski definition) is 0. The molecule has 5 rings (SSSR count). The van der Waals surface area contributed by atoms with E-state index in [1.807, 2.05) is 60.7 Å². The van der Waals surface area contributed by atoms with Crippen LogP contribution in [-0.4, -0.2) is 64.0 Å². The van der Waals surface area contributed by atoms with E-state index < -0.39 is 45.9 Å². The Kier molecular flexibility index (Phi) is 6.30. The molecule has 172 valence electrons. The third kappa shape index (κ3) is 4.46. The Balaban J connectivity index is 1.49. The summed E-state index contributed by atoms with van der Waals surface area (Å²) in [5.74, 6) is -1.45. The summed E-state index contributed by atoms with van der Waals surface area (Å²) in [6.07, 6.45) is -2.02. The quantitative estimate of drug-likeness (QED) is 0.599. The second kappa shape index (κ2) is 9.03. The summed E-state index contributed by atoms with van der Waals surface area (Å²) in [4.78, 5) is 0.894. The van der Waals surface area contributed by atoms with Crippen molar-refractivity contribution in [3.8, 4) is 0 Å². The molecule has 3 aliphatic heterocycles. The Labute approximate surface area is 191 Å². The van der Waals surface area contributed by atoms with Crippen LogP contribution in [0, 0.1) is 0 Å². The number of ether oxygens (including phenoxy) is 5. The minimum absolute atomic E-state index is 0.232. The highest BCUT2D eigenvalue weighted by molar-refractivity contribution is 7.99. The summed E-state index contributed by atoms with van der Waals surface area (Å²) in [7, 11) is -3.86. The number of thioether (sulfide) groups is 1. The molecule has 3 heterocycles. The Morgan fingerprint density at radius 2 is 1.62 bits per heavy atom. The third-order valence-corrected chi connectivity index (χ3v) is 7.15. The van der Waals surface area contributed by atoms with E-state index in [1.165, 1.54) is 11.8 Å². The molecule has 32 heavy (non-hydrogen) atoms. The van der Waals surface area contributed by atoms with Crippen LogP contribution in [0.1, 0.15) is 11.9 Å². The molecule has 3 saturated heterocycles. The molecule has 0 aliphatic carbocycles. The zero-order chi connectivity index (χ0) is 22.2. The lowest BCUT2D eigenvalue weighted by atomic mass is 9.94. The topological polar surface area (TPSA) is 89.5 Å². The second-order valence-electron chi connectivity index (χ2n) is 7.75. The van der Waals surface area contributed by atoms with Crippen LogP contribution < -0.4 is 0 Å². The van der Waals surface area contributed by atoms with E-state index >= 15 is 0 Å². The molecule has 0 saturated carbocycles.